The summed E-state index contributed by atoms with van der Waals surface area (Å²) in [5, 5.41) is 14.2. The van der Waals surface area contributed by atoms with E-state index in [1.54, 1.807) is 12.1 Å². The van der Waals surface area contributed by atoms with Crippen molar-refractivity contribution < 1.29 is 14.5 Å². The van der Waals surface area contributed by atoms with E-state index in [4.69, 9.17) is 9.73 Å². The molecule has 8 nitrogen and oxygen atoms in total. The second-order valence-electron chi connectivity index (χ2n) is 7.35. The van der Waals surface area contributed by atoms with Gasteiger partial charge in [0, 0.05) is 31.8 Å². The van der Waals surface area contributed by atoms with Gasteiger partial charge in [-0.05, 0) is 31.2 Å². The summed E-state index contributed by atoms with van der Waals surface area (Å²) in [5.41, 5.74) is 0.989. The van der Waals surface area contributed by atoms with Crippen molar-refractivity contribution in [2.24, 2.45) is 16.8 Å². The van der Waals surface area contributed by atoms with E-state index in [1.807, 2.05) is 6.92 Å². The number of piperidine rings is 1. The number of halogens is 1. The molecule has 0 aliphatic carbocycles. The molecule has 1 N–H and O–H groups in total. The van der Waals surface area contributed by atoms with Gasteiger partial charge in [-0.2, -0.15) is 0 Å². The first kappa shape index (κ1) is 25.1. The summed E-state index contributed by atoms with van der Waals surface area (Å²) < 4.78 is 5.14. The number of hydrogen-bond donors (Lipinski definition) is 1. The average Bonchev–Trinajstić information content (AvgIpc) is 2.68. The van der Waals surface area contributed by atoms with Gasteiger partial charge in [0.15, 0.2) is 5.96 Å². The van der Waals surface area contributed by atoms with Gasteiger partial charge in [0.05, 0.1) is 24.0 Å². The summed E-state index contributed by atoms with van der Waals surface area (Å²) in [6.07, 6.45) is 1.50. The number of hydrogen-bond acceptors (Lipinski definition) is 5. The van der Waals surface area contributed by atoms with Crippen LogP contribution in [0.5, 0.6) is 0 Å². The predicted octanol–water partition coefficient (Wildman–Crippen LogP) is 3.59. The minimum atomic E-state index is -0.406. The minimum Gasteiger partial charge on any atom is -0.466 e. The number of carbonyl (C=O) groups is 1. The normalized spacial score (nSPS) is 15.0. The Hall–Kier alpha value is -1.91. The average molecular weight is 518 g/mol. The van der Waals surface area contributed by atoms with Crippen LogP contribution in [0.25, 0.3) is 0 Å². The third-order valence-electron chi connectivity index (χ3n) is 4.64. The van der Waals surface area contributed by atoms with Crippen LogP contribution in [0.1, 0.15) is 39.2 Å². The fourth-order valence-corrected chi connectivity index (χ4v) is 3.04. The number of nitrogens with zero attached hydrogens (tertiary/aromatic N) is 3. The Morgan fingerprint density at radius 3 is 2.45 bits per heavy atom. The van der Waals surface area contributed by atoms with Crippen LogP contribution in [-0.4, -0.2) is 48.0 Å². The summed E-state index contributed by atoms with van der Waals surface area (Å²) in [7, 11) is 0. The van der Waals surface area contributed by atoms with Gasteiger partial charge >= 0.3 is 5.97 Å². The molecular weight excluding hydrogens is 487 g/mol. The third-order valence-corrected chi connectivity index (χ3v) is 4.64. The van der Waals surface area contributed by atoms with Crippen LogP contribution in [0.3, 0.4) is 0 Å². The van der Waals surface area contributed by atoms with E-state index < -0.39 is 4.92 Å². The number of nitrogens with one attached hydrogen (secondary N) is 1. The molecule has 0 radical (unpaired) electrons. The van der Waals surface area contributed by atoms with Crippen LogP contribution in [0, 0.1) is 22.0 Å². The summed E-state index contributed by atoms with van der Waals surface area (Å²) in [5.74, 6) is 1.13. The van der Waals surface area contributed by atoms with Crippen molar-refractivity contribution in [1.82, 2.24) is 10.2 Å². The van der Waals surface area contributed by atoms with E-state index in [1.165, 1.54) is 12.1 Å². The number of rotatable bonds is 7. The monoisotopic (exact) mass is 518 g/mol. The van der Waals surface area contributed by atoms with Crippen LogP contribution in [0.4, 0.5) is 5.69 Å². The zero-order chi connectivity index (χ0) is 20.5. The lowest BCUT2D eigenvalue weighted by Crippen LogP contribution is -2.47. The maximum Gasteiger partial charge on any atom is 0.309 e. The van der Waals surface area contributed by atoms with Crippen molar-refractivity contribution >= 4 is 41.6 Å². The molecule has 0 amide bonds. The van der Waals surface area contributed by atoms with Gasteiger partial charge in [0.25, 0.3) is 5.69 Å². The number of benzene rings is 1. The molecule has 29 heavy (non-hydrogen) atoms. The number of carbonyl (C=O) groups excluding carboxylic acids is 1. The highest BCUT2D eigenvalue weighted by atomic mass is 127. The van der Waals surface area contributed by atoms with E-state index in [2.05, 4.69) is 24.1 Å². The van der Waals surface area contributed by atoms with Crippen molar-refractivity contribution in [3.05, 3.63) is 39.9 Å². The van der Waals surface area contributed by atoms with Gasteiger partial charge in [-0.15, -0.1) is 24.0 Å². The lowest BCUT2D eigenvalue weighted by Gasteiger charge is -2.33. The van der Waals surface area contributed by atoms with Gasteiger partial charge in [0.1, 0.15) is 0 Å². The predicted molar refractivity (Wildman–Crippen MR) is 123 cm³/mol. The van der Waals surface area contributed by atoms with E-state index in [0.717, 1.165) is 44.0 Å². The smallest absolute Gasteiger partial charge is 0.309 e. The first-order valence-corrected chi connectivity index (χ1v) is 9.84. The highest BCUT2D eigenvalue weighted by Gasteiger charge is 2.27. The number of esters is 1. The quantitative estimate of drug-likeness (QED) is 0.148. The summed E-state index contributed by atoms with van der Waals surface area (Å²) in [6.45, 7) is 9.24. The van der Waals surface area contributed by atoms with E-state index in [0.29, 0.717) is 19.1 Å². The molecule has 162 valence electrons. The number of nitro groups is 1. The molecule has 1 saturated heterocycles. The molecule has 0 spiro atoms. The molecule has 0 atom stereocenters. The van der Waals surface area contributed by atoms with Gasteiger partial charge in [-0.1, -0.05) is 26.0 Å². The SMILES string of the molecule is CCOC(=O)C1CCN(C(=NCc2ccc([N+](=O)[O-])cc2)NCC(C)C)CC1.I. The third kappa shape index (κ3) is 8.15. The molecule has 9 heteroatoms. The Labute approximate surface area is 189 Å². The molecule has 2 rings (SSSR count). The lowest BCUT2D eigenvalue weighted by molar-refractivity contribution is -0.384. The summed E-state index contributed by atoms with van der Waals surface area (Å²) >= 11 is 0. The van der Waals surface area contributed by atoms with E-state index >= 15 is 0 Å². The molecule has 1 fully saturated rings. The number of ether oxygens (including phenoxy) is 1. The number of likely N-dealkylation sites (tertiary alicyclic amines) is 1. The van der Waals surface area contributed by atoms with Gasteiger partial charge < -0.3 is 15.0 Å². The first-order valence-electron chi connectivity index (χ1n) is 9.84. The fraction of sp³-hybridized carbons (Fsp3) is 0.600. The second kappa shape index (κ2) is 12.6. The Morgan fingerprint density at radius 2 is 1.93 bits per heavy atom. The fourth-order valence-electron chi connectivity index (χ4n) is 3.04. The molecule has 1 aromatic rings. The number of nitro benzene ring substituents is 1. The number of guanidine groups is 1. The van der Waals surface area contributed by atoms with E-state index in [9.17, 15) is 14.9 Å². The Bertz CT molecular complexity index is 686. The molecule has 1 aliphatic rings. The van der Waals surface area contributed by atoms with Crippen LogP contribution >= 0.6 is 24.0 Å². The Balaban J connectivity index is 0.00000420. The largest absolute Gasteiger partial charge is 0.466 e. The van der Waals surface area contributed by atoms with Crippen molar-refractivity contribution in [2.45, 2.75) is 40.2 Å². The van der Waals surface area contributed by atoms with Crippen molar-refractivity contribution in [3.8, 4) is 0 Å². The van der Waals surface area contributed by atoms with Crippen molar-refractivity contribution in [1.29, 1.82) is 0 Å². The Kier molecular flexibility index (Phi) is 10.9. The van der Waals surface area contributed by atoms with E-state index in [-0.39, 0.29) is 41.6 Å². The zero-order valence-corrected chi connectivity index (χ0v) is 19.6. The van der Waals surface area contributed by atoms with Crippen LogP contribution in [0.2, 0.25) is 0 Å². The number of aliphatic imine (C=N–C) groups is 1. The molecule has 1 aliphatic heterocycles. The molecule has 0 bridgehead atoms. The maximum atomic E-state index is 11.9. The topological polar surface area (TPSA) is 97.1 Å². The van der Waals surface area contributed by atoms with Crippen LogP contribution < -0.4 is 5.32 Å². The summed E-state index contributed by atoms with van der Waals surface area (Å²) in [4.78, 5) is 29.2. The molecule has 0 unspecified atom stereocenters. The second-order valence-corrected chi connectivity index (χ2v) is 7.35. The molecular formula is C20H31IN4O4. The molecule has 1 heterocycles. The molecule has 0 aromatic heterocycles. The van der Waals surface area contributed by atoms with Crippen molar-refractivity contribution in [3.63, 3.8) is 0 Å². The highest BCUT2D eigenvalue weighted by Crippen LogP contribution is 2.19. The van der Waals surface area contributed by atoms with Gasteiger partial charge in [-0.25, -0.2) is 4.99 Å². The number of non-ortho nitro benzene ring substituents is 1. The molecule has 1 aromatic carbocycles. The maximum absolute atomic E-state index is 11.9. The Morgan fingerprint density at radius 1 is 1.31 bits per heavy atom. The summed E-state index contributed by atoms with van der Waals surface area (Å²) in [6, 6.07) is 6.46. The zero-order valence-electron chi connectivity index (χ0n) is 17.3. The van der Waals surface area contributed by atoms with Gasteiger partial charge in [0.2, 0.25) is 0 Å². The minimum absolute atomic E-state index is 0. The van der Waals surface area contributed by atoms with Crippen LogP contribution in [-0.2, 0) is 16.1 Å². The van der Waals surface area contributed by atoms with Crippen molar-refractivity contribution in [2.75, 3.05) is 26.2 Å². The van der Waals surface area contributed by atoms with Crippen LogP contribution in [0.15, 0.2) is 29.3 Å². The standard InChI is InChI=1S/C20H30N4O4.HI/c1-4-28-19(25)17-9-11-23(12-10-17)20(21-13-15(2)3)22-14-16-5-7-18(8-6-16)24(26)27;/h5-8,15,17H,4,9-14H2,1-3H3,(H,21,22);1H. The molecule has 0 saturated carbocycles. The van der Waals surface area contributed by atoms with Gasteiger partial charge in [-0.3, -0.25) is 14.9 Å². The highest BCUT2D eigenvalue weighted by molar-refractivity contribution is 14.0. The first-order chi connectivity index (χ1) is 13.4. The lowest BCUT2D eigenvalue weighted by atomic mass is 9.97.